The molecule has 0 amide bonds. The Morgan fingerprint density at radius 2 is 1.86 bits per heavy atom. The zero-order valence-electron chi connectivity index (χ0n) is 7.69. The molecule has 0 unspecified atom stereocenters. The van der Waals surface area contributed by atoms with Gasteiger partial charge in [0.15, 0.2) is 11.5 Å². The van der Waals surface area contributed by atoms with Crippen molar-refractivity contribution < 1.29 is 9.47 Å². The van der Waals surface area contributed by atoms with Crippen molar-refractivity contribution in [1.29, 1.82) is 0 Å². The molecule has 0 aromatic heterocycles. The van der Waals surface area contributed by atoms with Crippen molar-refractivity contribution in [2.24, 2.45) is 0 Å². The zero-order chi connectivity index (χ0) is 9.38. The standard InChI is InChI=1S/C12H10O2/c1-2-4-9-6-11-12(14-8-13-11)7-10(9)5-3-1/h1-4,6-7H,5,8H2. The fraction of sp³-hybridized carbons (Fsp3) is 0.167. The van der Waals surface area contributed by atoms with Crippen LogP contribution in [0.2, 0.25) is 0 Å². The smallest absolute Gasteiger partial charge is 0.231 e. The quantitative estimate of drug-likeness (QED) is 0.620. The fourth-order valence-electron chi connectivity index (χ4n) is 1.76. The monoisotopic (exact) mass is 186 g/mol. The van der Waals surface area contributed by atoms with Gasteiger partial charge in [-0.15, -0.1) is 0 Å². The number of hydrogen-bond acceptors (Lipinski definition) is 2. The van der Waals surface area contributed by atoms with Gasteiger partial charge in [-0.05, 0) is 29.7 Å². The van der Waals surface area contributed by atoms with Crippen molar-refractivity contribution in [3.8, 4) is 11.5 Å². The van der Waals surface area contributed by atoms with Gasteiger partial charge >= 0.3 is 0 Å². The molecule has 0 N–H and O–H groups in total. The maximum Gasteiger partial charge on any atom is 0.231 e. The molecule has 2 heteroatoms. The van der Waals surface area contributed by atoms with Gasteiger partial charge in [0.05, 0.1) is 0 Å². The van der Waals surface area contributed by atoms with Crippen LogP contribution in [0.5, 0.6) is 11.5 Å². The van der Waals surface area contributed by atoms with Gasteiger partial charge in [-0.2, -0.15) is 0 Å². The van der Waals surface area contributed by atoms with Crippen LogP contribution in [0.25, 0.3) is 6.08 Å². The topological polar surface area (TPSA) is 18.5 Å². The third-order valence-electron chi connectivity index (χ3n) is 2.50. The number of fused-ring (bicyclic) bond motifs is 2. The van der Waals surface area contributed by atoms with E-state index in [1.807, 2.05) is 12.1 Å². The number of rotatable bonds is 0. The Morgan fingerprint density at radius 1 is 1.00 bits per heavy atom. The molecule has 1 aromatic carbocycles. The summed E-state index contributed by atoms with van der Waals surface area (Å²) in [4.78, 5) is 0. The van der Waals surface area contributed by atoms with Crippen molar-refractivity contribution in [2.75, 3.05) is 6.79 Å². The Kier molecular flexibility index (Phi) is 1.60. The van der Waals surface area contributed by atoms with Gasteiger partial charge in [0.2, 0.25) is 6.79 Å². The molecule has 14 heavy (non-hydrogen) atoms. The molecule has 1 aliphatic heterocycles. The minimum absolute atomic E-state index is 0.345. The highest BCUT2D eigenvalue weighted by molar-refractivity contribution is 5.63. The van der Waals surface area contributed by atoms with Crippen LogP contribution in [-0.2, 0) is 6.42 Å². The SMILES string of the molecule is C1=CCc2cc3c(cc2C=C1)OCO3. The zero-order valence-corrected chi connectivity index (χ0v) is 7.69. The van der Waals surface area contributed by atoms with E-state index < -0.39 is 0 Å². The van der Waals surface area contributed by atoms with E-state index in [1.54, 1.807) is 0 Å². The maximum atomic E-state index is 5.33. The van der Waals surface area contributed by atoms with Crippen LogP contribution >= 0.6 is 0 Å². The van der Waals surface area contributed by atoms with Crippen LogP contribution in [0.15, 0.2) is 30.4 Å². The summed E-state index contributed by atoms with van der Waals surface area (Å²) in [6, 6.07) is 4.11. The summed E-state index contributed by atoms with van der Waals surface area (Å²) >= 11 is 0. The summed E-state index contributed by atoms with van der Waals surface area (Å²) in [5.74, 6) is 1.72. The molecule has 2 nitrogen and oxygen atoms in total. The molecular formula is C12H10O2. The first-order valence-corrected chi connectivity index (χ1v) is 4.69. The largest absolute Gasteiger partial charge is 0.454 e. The number of benzene rings is 1. The molecule has 1 aromatic rings. The molecule has 70 valence electrons. The molecule has 0 atom stereocenters. The van der Waals surface area contributed by atoms with Crippen LogP contribution in [0.3, 0.4) is 0 Å². The summed E-state index contributed by atoms with van der Waals surface area (Å²) in [6.07, 6.45) is 9.31. The van der Waals surface area contributed by atoms with E-state index in [0.717, 1.165) is 17.9 Å². The second-order valence-electron chi connectivity index (χ2n) is 3.40. The van der Waals surface area contributed by atoms with Gasteiger partial charge < -0.3 is 9.47 Å². The van der Waals surface area contributed by atoms with E-state index in [1.165, 1.54) is 11.1 Å². The lowest BCUT2D eigenvalue weighted by atomic mass is 10.0. The molecule has 0 saturated heterocycles. The third kappa shape index (κ3) is 1.11. The number of allylic oxidation sites excluding steroid dienone is 3. The summed E-state index contributed by atoms with van der Waals surface area (Å²) in [5.41, 5.74) is 2.51. The Labute approximate surface area is 82.5 Å². The lowest BCUT2D eigenvalue weighted by molar-refractivity contribution is 0.174. The average molecular weight is 186 g/mol. The summed E-state index contributed by atoms with van der Waals surface area (Å²) in [6.45, 7) is 0.345. The number of ether oxygens (including phenoxy) is 2. The highest BCUT2D eigenvalue weighted by Crippen LogP contribution is 2.35. The third-order valence-corrected chi connectivity index (χ3v) is 2.50. The minimum atomic E-state index is 0.345. The lowest BCUT2D eigenvalue weighted by Crippen LogP contribution is -1.92. The second-order valence-corrected chi connectivity index (χ2v) is 3.40. The molecule has 3 rings (SSSR count). The van der Waals surface area contributed by atoms with Crippen LogP contribution in [0.1, 0.15) is 11.1 Å². The van der Waals surface area contributed by atoms with Crippen molar-refractivity contribution in [3.63, 3.8) is 0 Å². The number of hydrogen-bond donors (Lipinski definition) is 0. The van der Waals surface area contributed by atoms with E-state index in [2.05, 4.69) is 24.3 Å². The summed E-state index contributed by atoms with van der Waals surface area (Å²) in [7, 11) is 0. The Bertz CT molecular complexity index is 430. The molecule has 0 radical (unpaired) electrons. The lowest BCUT2D eigenvalue weighted by Gasteiger charge is -2.04. The summed E-state index contributed by atoms with van der Waals surface area (Å²) < 4.78 is 10.7. The molecule has 0 bridgehead atoms. The normalized spacial score (nSPS) is 16.6. The van der Waals surface area contributed by atoms with Gasteiger partial charge in [0.1, 0.15) is 0 Å². The Balaban J connectivity index is 2.16. The molecule has 2 aliphatic rings. The van der Waals surface area contributed by atoms with Gasteiger partial charge in [-0.1, -0.05) is 24.3 Å². The first kappa shape index (κ1) is 7.68. The Morgan fingerprint density at radius 3 is 2.79 bits per heavy atom. The minimum Gasteiger partial charge on any atom is -0.454 e. The van der Waals surface area contributed by atoms with Crippen LogP contribution < -0.4 is 9.47 Å². The maximum absolute atomic E-state index is 5.33. The second kappa shape index (κ2) is 2.91. The molecule has 0 fully saturated rings. The highest BCUT2D eigenvalue weighted by Gasteiger charge is 2.15. The van der Waals surface area contributed by atoms with Crippen LogP contribution in [-0.4, -0.2) is 6.79 Å². The van der Waals surface area contributed by atoms with E-state index in [4.69, 9.17) is 9.47 Å². The van der Waals surface area contributed by atoms with Gasteiger partial charge in [0, 0.05) is 0 Å². The van der Waals surface area contributed by atoms with Crippen LogP contribution in [0.4, 0.5) is 0 Å². The summed E-state index contributed by atoms with van der Waals surface area (Å²) in [5, 5.41) is 0. The van der Waals surface area contributed by atoms with Gasteiger partial charge in [-0.25, -0.2) is 0 Å². The van der Waals surface area contributed by atoms with E-state index in [-0.39, 0.29) is 0 Å². The molecular weight excluding hydrogens is 176 g/mol. The molecule has 1 heterocycles. The highest BCUT2D eigenvalue weighted by atomic mass is 16.7. The Hall–Kier alpha value is -1.70. The first-order chi connectivity index (χ1) is 6.93. The van der Waals surface area contributed by atoms with Gasteiger partial charge in [-0.3, -0.25) is 0 Å². The van der Waals surface area contributed by atoms with Crippen molar-refractivity contribution in [3.05, 3.63) is 41.5 Å². The predicted molar refractivity (Wildman–Crippen MR) is 54.4 cm³/mol. The van der Waals surface area contributed by atoms with E-state index in [0.29, 0.717) is 6.79 Å². The predicted octanol–water partition coefficient (Wildman–Crippen LogP) is 2.54. The van der Waals surface area contributed by atoms with Crippen LogP contribution in [0, 0.1) is 0 Å². The first-order valence-electron chi connectivity index (χ1n) is 4.69. The van der Waals surface area contributed by atoms with Crippen molar-refractivity contribution >= 4 is 6.08 Å². The fourth-order valence-corrected chi connectivity index (χ4v) is 1.76. The van der Waals surface area contributed by atoms with E-state index in [9.17, 15) is 0 Å². The molecule has 0 spiro atoms. The average Bonchev–Trinajstić information content (AvgIpc) is 2.51. The van der Waals surface area contributed by atoms with Crippen molar-refractivity contribution in [1.82, 2.24) is 0 Å². The van der Waals surface area contributed by atoms with Gasteiger partial charge in [0.25, 0.3) is 0 Å². The van der Waals surface area contributed by atoms with E-state index >= 15 is 0 Å². The van der Waals surface area contributed by atoms with Crippen molar-refractivity contribution in [2.45, 2.75) is 6.42 Å². The molecule has 0 saturated carbocycles. The molecule has 1 aliphatic carbocycles.